The molecule has 0 spiro atoms. The number of benzene rings is 1. The Morgan fingerprint density at radius 3 is 2.46 bits per heavy atom. The van der Waals surface area contributed by atoms with Crippen LogP contribution in [0.15, 0.2) is 36.4 Å². The first-order valence-electron chi connectivity index (χ1n) is 7.06. The van der Waals surface area contributed by atoms with E-state index in [0.29, 0.717) is 6.42 Å². The molecule has 2 rings (SSSR count). The van der Waals surface area contributed by atoms with Crippen molar-refractivity contribution in [2.45, 2.75) is 26.0 Å². The van der Waals surface area contributed by atoms with Crippen molar-refractivity contribution in [1.29, 1.82) is 0 Å². The van der Waals surface area contributed by atoms with Crippen molar-refractivity contribution in [1.82, 2.24) is 5.32 Å². The van der Waals surface area contributed by atoms with E-state index in [1.54, 1.807) is 18.2 Å². The second-order valence-corrected chi connectivity index (χ2v) is 6.04. The number of carbonyl (C=O) groups excluding carboxylic acids is 1. The lowest BCUT2D eigenvalue weighted by Gasteiger charge is -2.06. The van der Waals surface area contributed by atoms with E-state index in [9.17, 15) is 18.4 Å². The van der Waals surface area contributed by atoms with Gasteiger partial charge in [0.15, 0.2) is 0 Å². The molecule has 0 aliphatic heterocycles. The zero-order valence-electron chi connectivity index (χ0n) is 12.5. The summed E-state index contributed by atoms with van der Waals surface area (Å²) in [6.07, 6.45) is 0.706. The van der Waals surface area contributed by atoms with Crippen LogP contribution in [-0.4, -0.2) is 23.6 Å². The van der Waals surface area contributed by atoms with Crippen LogP contribution in [0.25, 0.3) is 0 Å². The Bertz CT molecular complexity index is 700. The average molecular weight is 355 g/mol. The fourth-order valence-corrected chi connectivity index (χ4v) is 2.74. The Balaban J connectivity index is 1.75. The lowest BCUT2D eigenvalue weighted by molar-refractivity contribution is -0.121. The van der Waals surface area contributed by atoms with Crippen LogP contribution in [0.2, 0.25) is 0 Å². The van der Waals surface area contributed by atoms with E-state index in [4.69, 9.17) is 5.11 Å². The van der Waals surface area contributed by atoms with Gasteiger partial charge in [-0.25, -0.2) is 4.79 Å². The fraction of sp³-hybridized carbons (Fsp3) is 0.250. The molecule has 0 aliphatic carbocycles. The number of rotatable bonds is 8. The number of aryl methyl sites for hydroxylation is 1. The second-order valence-electron chi connectivity index (χ2n) is 4.87. The van der Waals surface area contributed by atoms with Gasteiger partial charge in [-0.05, 0) is 36.2 Å². The highest BCUT2D eigenvalue weighted by Gasteiger charge is 2.08. The maximum Gasteiger partial charge on any atom is 0.387 e. The van der Waals surface area contributed by atoms with Crippen molar-refractivity contribution in [3.8, 4) is 5.75 Å². The van der Waals surface area contributed by atoms with E-state index in [1.807, 2.05) is 0 Å². The van der Waals surface area contributed by atoms with Gasteiger partial charge in [0.05, 0.1) is 6.54 Å². The molecule has 0 saturated carbocycles. The van der Waals surface area contributed by atoms with Crippen LogP contribution in [0.1, 0.15) is 26.5 Å². The van der Waals surface area contributed by atoms with E-state index in [2.05, 4.69) is 10.1 Å². The summed E-state index contributed by atoms with van der Waals surface area (Å²) in [5, 5.41) is 11.5. The van der Waals surface area contributed by atoms with Crippen molar-refractivity contribution in [3.05, 3.63) is 51.7 Å². The summed E-state index contributed by atoms with van der Waals surface area (Å²) in [5.74, 6) is -1.09. The van der Waals surface area contributed by atoms with E-state index in [0.717, 1.165) is 21.8 Å². The molecule has 1 aromatic carbocycles. The molecular weight excluding hydrogens is 340 g/mol. The van der Waals surface area contributed by atoms with Crippen molar-refractivity contribution >= 4 is 23.2 Å². The summed E-state index contributed by atoms with van der Waals surface area (Å²) in [7, 11) is 0. The first-order chi connectivity index (χ1) is 11.4. The number of aromatic carboxylic acids is 1. The molecule has 5 nitrogen and oxygen atoms in total. The molecule has 0 radical (unpaired) electrons. The maximum atomic E-state index is 12.0. The Morgan fingerprint density at radius 1 is 1.17 bits per heavy atom. The highest BCUT2D eigenvalue weighted by atomic mass is 32.1. The topological polar surface area (TPSA) is 75.6 Å². The number of hydrogen-bond acceptors (Lipinski definition) is 4. The predicted octanol–water partition coefficient (Wildman–Crippen LogP) is 3.30. The van der Waals surface area contributed by atoms with Crippen LogP contribution >= 0.6 is 11.3 Å². The molecule has 2 aromatic rings. The molecule has 1 amide bonds. The zero-order chi connectivity index (χ0) is 17.5. The quantitative estimate of drug-likeness (QED) is 0.762. The lowest BCUT2D eigenvalue weighted by atomic mass is 10.1. The second kappa shape index (κ2) is 8.39. The molecule has 8 heteroatoms. The van der Waals surface area contributed by atoms with E-state index >= 15 is 0 Å². The van der Waals surface area contributed by atoms with Gasteiger partial charge in [0.1, 0.15) is 10.6 Å². The first-order valence-corrected chi connectivity index (χ1v) is 7.88. The van der Waals surface area contributed by atoms with Crippen molar-refractivity contribution in [2.24, 2.45) is 0 Å². The molecule has 2 N–H and O–H groups in total. The third-order valence-corrected chi connectivity index (χ3v) is 4.19. The van der Waals surface area contributed by atoms with Gasteiger partial charge in [0.2, 0.25) is 5.91 Å². The largest absolute Gasteiger partial charge is 0.477 e. The number of ether oxygens (including phenoxy) is 1. The predicted molar refractivity (Wildman–Crippen MR) is 84.5 cm³/mol. The number of thiophene rings is 1. The number of hydrogen-bond donors (Lipinski definition) is 2. The molecule has 1 heterocycles. The number of halogens is 2. The van der Waals surface area contributed by atoms with E-state index < -0.39 is 12.6 Å². The minimum atomic E-state index is -2.86. The number of amides is 1. The smallest absolute Gasteiger partial charge is 0.387 e. The maximum absolute atomic E-state index is 12.0. The van der Waals surface area contributed by atoms with Gasteiger partial charge in [0.25, 0.3) is 0 Å². The summed E-state index contributed by atoms with van der Waals surface area (Å²) < 4.78 is 28.3. The molecule has 0 saturated heterocycles. The number of carboxylic acids is 1. The van der Waals surface area contributed by atoms with Crippen LogP contribution in [0, 0.1) is 0 Å². The summed E-state index contributed by atoms with van der Waals surface area (Å²) in [5.41, 5.74) is 0.830. The fourth-order valence-electron chi connectivity index (χ4n) is 1.96. The molecule has 0 bridgehead atoms. The molecule has 1 aromatic heterocycles. The number of alkyl halides is 2. The minimum Gasteiger partial charge on any atom is -0.477 e. The molecule has 24 heavy (non-hydrogen) atoms. The van der Waals surface area contributed by atoms with Crippen molar-refractivity contribution < 1.29 is 28.2 Å². The highest BCUT2D eigenvalue weighted by molar-refractivity contribution is 7.13. The molecule has 0 atom stereocenters. The van der Waals surface area contributed by atoms with Gasteiger partial charge in [-0.1, -0.05) is 12.1 Å². The third-order valence-electron chi connectivity index (χ3n) is 3.12. The molecule has 0 fully saturated rings. The Morgan fingerprint density at radius 2 is 1.88 bits per heavy atom. The number of nitrogens with one attached hydrogen (secondary N) is 1. The van der Waals surface area contributed by atoms with Gasteiger partial charge in [-0.15, -0.1) is 11.3 Å². The van der Waals surface area contributed by atoms with Gasteiger partial charge >= 0.3 is 12.6 Å². The zero-order valence-corrected chi connectivity index (χ0v) is 13.3. The van der Waals surface area contributed by atoms with Gasteiger partial charge in [-0.2, -0.15) is 8.78 Å². The monoisotopic (exact) mass is 355 g/mol. The Hall–Kier alpha value is -2.48. The van der Waals surface area contributed by atoms with E-state index in [1.165, 1.54) is 18.2 Å². The van der Waals surface area contributed by atoms with Crippen LogP contribution in [0.4, 0.5) is 8.78 Å². The van der Waals surface area contributed by atoms with Gasteiger partial charge in [-0.3, -0.25) is 4.79 Å². The summed E-state index contributed by atoms with van der Waals surface area (Å²) in [6.45, 7) is -2.58. The Labute approximate surface area is 140 Å². The van der Waals surface area contributed by atoms with Gasteiger partial charge in [0, 0.05) is 11.3 Å². The molecule has 0 aliphatic rings. The SMILES string of the molecule is O=C(CCc1ccc(OC(F)F)cc1)NCc1ccc(C(=O)O)s1. The lowest BCUT2D eigenvalue weighted by Crippen LogP contribution is -2.22. The summed E-state index contributed by atoms with van der Waals surface area (Å²) in [4.78, 5) is 23.5. The average Bonchev–Trinajstić information content (AvgIpc) is 3.01. The molecule has 0 unspecified atom stereocenters. The van der Waals surface area contributed by atoms with Gasteiger partial charge < -0.3 is 15.2 Å². The minimum absolute atomic E-state index is 0.0742. The van der Waals surface area contributed by atoms with E-state index in [-0.39, 0.29) is 29.5 Å². The number of carboxylic acid groups (broad SMARTS) is 1. The first kappa shape index (κ1) is 17.9. The standard InChI is InChI=1S/C16H15F2NO4S/c17-16(18)23-11-4-1-10(2-5-11)3-8-14(20)19-9-12-6-7-13(24-12)15(21)22/h1-2,4-7,16H,3,8-9H2,(H,19,20)(H,21,22). The van der Waals surface area contributed by atoms with Crippen LogP contribution in [0.3, 0.4) is 0 Å². The summed E-state index contributed by atoms with van der Waals surface area (Å²) >= 11 is 1.11. The van der Waals surface area contributed by atoms with Crippen molar-refractivity contribution in [3.63, 3.8) is 0 Å². The third kappa shape index (κ3) is 5.62. The number of carbonyl (C=O) groups is 2. The van der Waals surface area contributed by atoms with Crippen molar-refractivity contribution in [2.75, 3.05) is 0 Å². The summed E-state index contributed by atoms with van der Waals surface area (Å²) in [6, 6.07) is 9.28. The van der Waals surface area contributed by atoms with Crippen LogP contribution < -0.4 is 10.1 Å². The highest BCUT2D eigenvalue weighted by Crippen LogP contribution is 2.17. The molecular formula is C16H15F2NO4S. The normalized spacial score (nSPS) is 10.6. The van der Waals surface area contributed by atoms with Crippen LogP contribution in [-0.2, 0) is 17.8 Å². The van der Waals surface area contributed by atoms with Crippen LogP contribution in [0.5, 0.6) is 5.75 Å². The molecule has 128 valence electrons. The Kier molecular flexibility index (Phi) is 6.25.